The number of halogens is 2. The lowest BCUT2D eigenvalue weighted by Gasteiger charge is -2.12. The molecule has 0 radical (unpaired) electrons. The zero-order valence-corrected chi connectivity index (χ0v) is 8.20. The third-order valence-corrected chi connectivity index (χ3v) is 2.02. The standard InChI is InChI=1S/C9H12F2N2O2/c1-15-7-2-5(3-12)6(4-14)8(13-7)9(10)11/h2,9,14H,3-4,12H2,1H3. The summed E-state index contributed by atoms with van der Waals surface area (Å²) in [4.78, 5) is 3.58. The monoisotopic (exact) mass is 218 g/mol. The molecule has 1 aromatic rings. The number of rotatable bonds is 4. The fourth-order valence-corrected chi connectivity index (χ4v) is 1.27. The minimum Gasteiger partial charge on any atom is -0.481 e. The molecule has 0 aromatic carbocycles. The van der Waals surface area contributed by atoms with Crippen LogP contribution in [0.3, 0.4) is 0 Å². The molecule has 0 aliphatic heterocycles. The van der Waals surface area contributed by atoms with Gasteiger partial charge in [0.1, 0.15) is 5.69 Å². The van der Waals surface area contributed by atoms with Crippen molar-refractivity contribution in [3.05, 3.63) is 22.9 Å². The second kappa shape index (κ2) is 4.99. The molecule has 0 amide bonds. The van der Waals surface area contributed by atoms with E-state index >= 15 is 0 Å². The third kappa shape index (κ3) is 2.40. The maximum Gasteiger partial charge on any atom is 0.280 e. The van der Waals surface area contributed by atoms with Crippen LogP contribution >= 0.6 is 0 Å². The highest BCUT2D eigenvalue weighted by Crippen LogP contribution is 2.26. The Hall–Kier alpha value is -1.27. The second-order valence-corrected chi connectivity index (χ2v) is 2.85. The molecule has 0 aliphatic carbocycles. The normalized spacial score (nSPS) is 10.8. The minimum absolute atomic E-state index is 0.0501. The number of aliphatic hydroxyl groups excluding tert-OH is 1. The van der Waals surface area contributed by atoms with E-state index in [0.717, 1.165) is 0 Å². The molecule has 0 spiro atoms. The molecule has 1 heterocycles. The molecular weight excluding hydrogens is 206 g/mol. The molecule has 0 atom stereocenters. The predicted molar refractivity (Wildman–Crippen MR) is 49.6 cm³/mol. The van der Waals surface area contributed by atoms with E-state index in [1.165, 1.54) is 13.2 Å². The fraction of sp³-hybridized carbons (Fsp3) is 0.444. The Morgan fingerprint density at radius 3 is 2.67 bits per heavy atom. The molecule has 0 unspecified atom stereocenters. The van der Waals surface area contributed by atoms with E-state index in [1.54, 1.807) is 0 Å². The zero-order valence-electron chi connectivity index (χ0n) is 8.20. The quantitative estimate of drug-likeness (QED) is 0.790. The SMILES string of the molecule is COc1cc(CN)c(CO)c(C(F)F)n1. The summed E-state index contributed by atoms with van der Waals surface area (Å²) in [5.41, 5.74) is 5.40. The number of hydrogen-bond donors (Lipinski definition) is 2. The zero-order chi connectivity index (χ0) is 11.4. The molecule has 1 rings (SSSR count). The summed E-state index contributed by atoms with van der Waals surface area (Å²) in [6, 6.07) is 1.44. The highest BCUT2D eigenvalue weighted by Gasteiger charge is 2.19. The van der Waals surface area contributed by atoms with Crippen LogP contribution in [0.4, 0.5) is 8.78 Å². The van der Waals surface area contributed by atoms with E-state index in [2.05, 4.69) is 4.98 Å². The first-order chi connectivity index (χ1) is 7.13. The third-order valence-electron chi connectivity index (χ3n) is 2.02. The summed E-state index contributed by atoms with van der Waals surface area (Å²) in [5, 5.41) is 8.97. The van der Waals surface area contributed by atoms with Gasteiger partial charge in [0, 0.05) is 18.2 Å². The molecule has 0 fully saturated rings. The molecule has 1 aromatic heterocycles. The Kier molecular flexibility index (Phi) is 3.93. The lowest BCUT2D eigenvalue weighted by atomic mass is 10.1. The van der Waals surface area contributed by atoms with Crippen LogP contribution in [0.25, 0.3) is 0 Å². The molecule has 6 heteroatoms. The largest absolute Gasteiger partial charge is 0.481 e. The van der Waals surface area contributed by atoms with Crippen LogP contribution in [0, 0.1) is 0 Å². The van der Waals surface area contributed by atoms with E-state index in [0.29, 0.717) is 5.56 Å². The number of methoxy groups -OCH3 is 1. The van der Waals surface area contributed by atoms with Crippen LogP contribution in [0.5, 0.6) is 5.88 Å². The van der Waals surface area contributed by atoms with Gasteiger partial charge in [0.2, 0.25) is 5.88 Å². The first kappa shape index (κ1) is 11.8. The topological polar surface area (TPSA) is 68.4 Å². The smallest absolute Gasteiger partial charge is 0.280 e. The molecule has 0 aliphatic rings. The Labute approximate surface area is 85.7 Å². The average Bonchev–Trinajstić information content (AvgIpc) is 2.26. The Balaban J connectivity index is 3.32. The predicted octanol–water partition coefficient (Wildman–Crippen LogP) is 0.979. The molecule has 0 saturated heterocycles. The second-order valence-electron chi connectivity index (χ2n) is 2.85. The van der Waals surface area contributed by atoms with Gasteiger partial charge in [-0.25, -0.2) is 13.8 Å². The van der Waals surface area contributed by atoms with Gasteiger partial charge in [0.15, 0.2) is 0 Å². The van der Waals surface area contributed by atoms with Crippen LogP contribution in [0.15, 0.2) is 6.07 Å². The fourth-order valence-electron chi connectivity index (χ4n) is 1.27. The van der Waals surface area contributed by atoms with Crippen molar-refractivity contribution in [2.75, 3.05) is 7.11 Å². The first-order valence-electron chi connectivity index (χ1n) is 4.29. The highest BCUT2D eigenvalue weighted by molar-refractivity contribution is 5.35. The number of nitrogens with two attached hydrogens (primary N) is 1. The molecule has 15 heavy (non-hydrogen) atoms. The van der Waals surface area contributed by atoms with Crippen molar-refractivity contribution in [2.24, 2.45) is 5.73 Å². The molecule has 3 N–H and O–H groups in total. The van der Waals surface area contributed by atoms with Gasteiger partial charge in [-0.1, -0.05) is 0 Å². The van der Waals surface area contributed by atoms with Crippen molar-refractivity contribution in [3.63, 3.8) is 0 Å². The van der Waals surface area contributed by atoms with Crippen molar-refractivity contribution < 1.29 is 18.6 Å². The van der Waals surface area contributed by atoms with Gasteiger partial charge >= 0.3 is 0 Å². The van der Waals surface area contributed by atoms with Crippen molar-refractivity contribution in [1.82, 2.24) is 4.98 Å². The van der Waals surface area contributed by atoms with E-state index in [-0.39, 0.29) is 18.0 Å². The molecule has 0 saturated carbocycles. The average molecular weight is 218 g/mol. The van der Waals surface area contributed by atoms with Crippen LogP contribution < -0.4 is 10.5 Å². The van der Waals surface area contributed by atoms with Gasteiger partial charge in [0.05, 0.1) is 13.7 Å². The van der Waals surface area contributed by atoms with E-state index in [1.807, 2.05) is 0 Å². The van der Waals surface area contributed by atoms with Crippen LogP contribution in [-0.4, -0.2) is 17.2 Å². The van der Waals surface area contributed by atoms with Crippen molar-refractivity contribution in [3.8, 4) is 5.88 Å². The number of aliphatic hydroxyl groups is 1. The van der Waals surface area contributed by atoms with Gasteiger partial charge in [-0.05, 0) is 5.56 Å². The first-order valence-corrected chi connectivity index (χ1v) is 4.29. The molecule has 4 nitrogen and oxygen atoms in total. The lowest BCUT2D eigenvalue weighted by Crippen LogP contribution is -2.09. The molecule has 0 bridgehead atoms. The van der Waals surface area contributed by atoms with Crippen molar-refractivity contribution >= 4 is 0 Å². The number of nitrogens with zero attached hydrogens (tertiary/aromatic N) is 1. The van der Waals surface area contributed by atoms with Crippen LogP contribution in [0.1, 0.15) is 23.2 Å². The molecule has 84 valence electrons. The van der Waals surface area contributed by atoms with Crippen molar-refractivity contribution in [2.45, 2.75) is 19.6 Å². The van der Waals surface area contributed by atoms with Gasteiger partial charge < -0.3 is 15.6 Å². The Morgan fingerprint density at radius 2 is 2.27 bits per heavy atom. The number of alkyl halides is 2. The van der Waals surface area contributed by atoms with Crippen molar-refractivity contribution in [1.29, 1.82) is 0 Å². The molecular formula is C9H12F2N2O2. The van der Waals surface area contributed by atoms with Gasteiger partial charge in [-0.15, -0.1) is 0 Å². The summed E-state index contributed by atoms with van der Waals surface area (Å²) in [6.45, 7) is -0.461. The number of ether oxygens (including phenoxy) is 1. The summed E-state index contributed by atoms with van der Waals surface area (Å²) in [5.74, 6) is 0.0722. The van der Waals surface area contributed by atoms with E-state index in [4.69, 9.17) is 15.6 Å². The van der Waals surface area contributed by atoms with Crippen LogP contribution in [-0.2, 0) is 13.2 Å². The van der Waals surface area contributed by atoms with Gasteiger partial charge in [-0.2, -0.15) is 0 Å². The maximum absolute atomic E-state index is 12.6. The van der Waals surface area contributed by atoms with Crippen LogP contribution in [0.2, 0.25) is 0 Å². The summed E-state index contributed by atoms with van der Waals surface area (Å²) in [6.07, 6.45) is -2.76. The summed E-state index contributed by atoms with van der Waals surface area (Å²) < 4.78 is 29.9. The summed E-state index contributed by atoms with van der Waals surface area (Å²) in [7, 11) is 1.33. The van der Waals surface area contributed by atoms with E-state index < -0.39 is 18.7 Å². The Morgan fingerprint density at radius 1 is 1.60 bits per heavy atom. The van der Waals surface area contributed by atoms with Gasteiger partial charge in [0.25, 0.3) is 6.43 Å². The Bertz CT molecular complexity index is 345. The number of aromatic nitrogens is 1. The maximum atomic E-state index is 12.6. The minimum atomic E-state index is -2.76. The summed E-state index contributed by atoms with van der Waals surface area (Å²) >= 11 is 0. The number of pyridine rings is 1. The number of hydrogen-bond acceptors (Lipinski definition) is 4. The van der Waals surface area contributed by atoms with E-state index in [9.17, 15) is 8.78 Å². The highest BCUT2D eigenvalue weighted by atomic mass is 19.3. The lowest BCUT2D eigenvalue weighted by molar-refractivity contribution is 0.140. The van der Waals surface area contributed by atoms with Gasteiger partial charge in [-0.3, -0.25) is 0 Å².